The molecule has 0 saturated carbocycles. The number of ether oxygens (including phenoxy) is 1. The largest absolute Gasteiger partial charge is 0.497 e. The molecule has 4 rings (SSSR count). The number of piperidine rings is 1. The molecule has 2 heterocycles. The van der Waals surface area contributed by atoms with Gasteiger partial charge in [-0.1, -0.05) is 24.6 Å². The Morgan fingerprint density at radius 3 is 2.61 bits per heavy atom. The molecule has 0 amide bonds. The number of aliphatic hydroxyl groups excluding tert-OH is 1. The summed E-state index contributed by atoms with van der Waals surface area (Å²) < 4.78 is 7.56. The first kappa shape index (κ1) is 19.0. The number of rotatable bonds is 6. The first-order chi connectivity index (χ1) is 13.7. The molecule has 1 aromatic heterocycles. The zero-order chi connectivity index (χ0) is 19.5. The maximum atomic E-state index is 10.9. The van der Waals surface area contributed by atoms with Crippen LogP contribution in [0, 0.1) is 0 Å². The van der Waals surface area contributed by atoms with Gasteiger partial charge in [0.15, 0.2) is 0 Å². The Hall–Kier alpha value is -2.30. The molecule has 1 aliphatic rings. The Morgan fingerprint density at radius 2 is 1.86 bits per heavy atom. The second-order valence-corrected chi connectivity index (χ2v) is 7.92. The first-order valence-electron chi connectivity index (χ1n) is 10.3. The summed E-state index contributed by atoms with van der Waals surface area (Å²) in [5, 5.41) is 12.1. The topological polar surface area (TPSA) is 37.6 Å². The third kappa shape index (κ3) is 3.94. The predicted octanol–water partition coefficient (Wildman–Crippen LogP) is 4.55. The zero-order valence-corrected chi connectivity index (χ0v) is 16.8. The van der Waals surface area contributed by atoms with Crippen LogP contribution in [0.25, 0.3) is 22.2 Å². The van der Waals surface area contributed by atoms with Crippen LogP contribution in [0.2, 0.25) is 0 Å². The summed E-state index contributed by atoms with van der Waals surface area (Å²) in [5.41, 5.74) is 3.43. The van der Waals surface area contributed by atoms with Gasteiger partial charge in [-0.3, -0.25) is 4.90 Å². The van der Waals surface area contributed by atoms with Gasteiger partial charge in [0.1, 0.15) is 5.75 Å². The summed E-state index contributed by atoms with van der Waals surface area (Å²) in [6, 6.07) is 19.3. The van der Waals surface area contributed by atoms with E-state index in [0.717, 1.165) is 30.1 Å². The van der Waals surface area contributed by atoms with Crippen molar-refractivity contribution in [1.29, 1.82) is 0 Å². The highest BCUT2D eigenvalue weighted by atomic mass is 16.5. The van der Waals surface area contributed by atoms with Gasteiger partial charge < -0.3 is 14.4 Å². The number of para-hydroxylation sites is 1. The van der Waals surface area contributed by atoms with E-state index >= 15 is 0 Å². The van der Waals surface area contributed by atoms with E-state index in [2.05, 4.69) is 58.9 Å². The van der Waals surface area contributed by atoms with Crippen LogP contribution in [0.1, 0.15) is 26.2 Å². The van der Waals surface area contributed by atoms with Crippen LogP contribution < -0.4 is 4.74 Å². The number of aromatic nitrogens is 1. The summed E-state index contributed by atoms with van der Waals surface area (Å²) in [4.78, 5) is 2.44. The molecule has 1 N–H and O–H groups in total. The fraction of sp³-hybridized carbons (Fsp3) is 0.417. The summed E-state index contributed by atoms with van der Waals surface area (Å²) >= 11 is 0. The van der Waals surface area contributed by atoms with Crippen molar-refractivity contribution in [3.05, 3.63) is 54.6 Å². The normalized spacial score (nSPS) is 19.0. The van der Waals surface area contributed by atoms with Crippen LogP contribution in [0.3, 0.4) is 0 Å². The van der Waals surface area contributed by atoms with E-state index in [4.69, 9.17) is 4.74 Å². The molecule has 2 aromatic carbocycles. The molecule has 2 atom stereocenters. The molecule has 0 spiro atoms. The van der Waals surface area contributed by atoms with Gasteiger partial charge >= 0.3 is 0 Å². The number of aliphatic hydroxyl groups is 1. The van der Waals surface area contributed by atoms with E-state index in [-0.39, 0.29) is 0 Å². The zero-order valence-electron chi connectivity index (χ0n) is 16.8. The van der Waals surface area contributed by atoms with E-state index in [1.807, 2.05) is 12.1 Å². The Kier molecular flexibility index (Phi) is 5.69. The lowest BCUT2D eigenvalue weighted by atomic mass is 10.0. The van der Waals surface area contributed by atoms with Gasteiger partial charge in [-0.05, 0) is 68.3 Å². The molecule has 1 fully saturated rings. The lowest BCUT2D eigenvalue weighted by Gasteiger charge is -2.34. The molecule has 4 heteroatoms. The molecular formula is C24H30N2O2. The van der Waals surface area contributed by atoms with Gasteiger partial charge in [-0.15, -0.1) is 0 Å². The van der Waals surface area contributed by atoms with Crippen LogP contribution >= 0.6 is 0 Å². The number of hydrogen-bond donors (Lipinski definition) is 1. The van der Waals surface area contributed by atoms with Gasteiger partial charge in [0, 0.05) is 29.2 Å². The monoisotopic (exact) mass is 378 g/mol. The molecule has 1 aliphatic heterocycles. The average Bonchev–Trinajstić information content (AvgIpc) is 3.08. The van der Waals surface area contributed by atoms with E-state index in [1.54, 1.807) is 7.11 Å². The maximum Gasteiger partial charge on any atom is 0.118 e. The van der Waals surface area contributed by atoms with Crippen molar-refractivity contribution in [3.8, 4) is 17.0 Å². The predicted molar refractivity (Wildman–Crippen MR) is 115 cm³/mol. The number of likely N-dealkylation sites (tertiary alicyclic amines) is 1. The lowest BCUT2D eigenvalue weighted by molar-refractivity contribution is 0.0647. The Labute approximate surface area is 167 Å². The molecule has 0 unspecified atom stereocenters. The number of fused-ring (bicyclic) bond motifs is 1. The van der Waals surface area contributed by atoms with Crippen LogP contribution in [-0.4, -0.2) is 46.9 Å². The Morgan fingerprint density at radius 1 is 1.07 bits per heavy atom. The Bertz CT molecular complexity index is 916. The highest BCUT2D eigenvalue weighted by molar-refractivity contribution is 5.87. The minimum atomic E-state index is -0.395. The number of methoxy groups -OCH3 is 1. The van der Waals surface area contributed by atoms with E-state index in [9.17, 15) is 5.11 Å². The van der Waals surface area contributed by atoms with Crippen molar-refractivity contribution >= 4 is 10.9 Å². The summed E-state index contributed by atoms with van der Waals surface area (Å²) in [7, 11) is 1.68. The van der Waals surface area contributed by atoms with E-state index < -0.39 is 6.10 Å². The van der Waals surface area contributed by atoms with Crippen LogP contribution in [0.15, 0.2) is 54.6 Å². The Balaban J connectivity index is 1.62. The minimum absolute atomic E-state index is 0.395. The van der Waals surface area contributed by atoms with Crippen LogP contribution in [0.4, 0.5) is 0 Å². The maximum absolute atomic E-state index is 10.9. The van der Waals surface area contributed by atoms with Crippen molar-refractivity contribution in [2.45, 2.75) is 44.9 Å². The fourth-order valence-electron chi connectivity index (χ4n) is 4.38. The number of benzene rings is 2. The second kappa shape index (κ2) is 8.38. The smallest absolute Gasteiger partial charge is 0.118 e. The van der Waals surface area contributed by atoms with Crippen molar-refractivity contribution in [2.24, 2.45) is 0 Å². The number of hydrogen-bond acceptors (Lipinski definition) is 3. The van der Waals surface area contributed by atoms with Gasteiger partial charge in [0.2, 0.25) is 0 Å². The van der Waals surface area contributed by atoms with Gasteiger partial charge in [-0.2, -0.15) is 0 Å². The lowest BCUT2D eigenvalue weighted by Crippen LogP contribution is -2.43. The third-order valence-corrected chi connectivity index (χ3v) is 5.98. The van der Waals surface area contributed by atoms with Gasteiger partial charge in [0.25, 0.3) is 0 Å². The molecule has 0 bridgehead atoms. The summed E-state index contributed by atoms with van der Waals surface area (Å²) in [5.74, 6) is 0.852. The molecule has 0 radical (unpaired) electrons. The third-order valence-electron chi connectivity index (χ3n) is 5.98. The van der Waals surface area contributed by atoms with Gasteiger partial charge in [0.05, 0.1) is 19.8 Å². The number of nitrogens with zero attached hydrogens (tertiary/aromatic N) is 2. The standard InChI is InChI=1S/C24H30N2O2/c1-18-7-5-6-14-25(18)16-21(27)17-26-23-9-4-3-8-20(23)15-24(26)19-10-12-22(28-2)13-11-19/h3-4,8-13,15,18,21,27H,5-7,14,16-17H2,1-2H3/t18-,21+/m1/s1. The minimum Gasteiger partial charge on any atom is -0.497 e. The van der Waals surface area contributed by atoms with Crippen molar-refractivity contribution in [1.82, 2.24) is 9.47 Å². The van der Waals surface area contributed by atoms with Gasteiger partial charge in [-0.25, -0.2) is 0 Å². The molecule has 4 nitrogen and oxygen atoms in total. The van der Waals surface area contributed by atoms with Crippen molar-refractivity contribution in [3.63, 3.8) is 0 Å². The first-order valence-corrected chi connectivity index (χ1v) is 10.3. The molecule has 0 aliphatic carbocycles. The second-order valence-electron chi connectivity index (χ2n) is 7.92. The highest BCUT2D eigenvalue weighted by Crippen LogP contribution is 2.30. The summed E-state index contributed by atoms with van der Waals surface area (Å²) in [6.45, 7) is 4.70. The SMILES string of the molecule is COc1ccc(-c2cc3ccccc3n2C[C@@H](O)CN2CCCC[C@H]2C)cc1. The van der Waals surface area contributed by atoms with E-state index in [1.165, 1.54) is 30.2 Å². The average molecular weight is 379 g/mol. The van der Waals surface area contributed by atoms with Crippen molar-refractivity contribution < 1.29 is 9.84 Å². The number of β-amino-alcohol motifs (C(OH)–C–C–N with tert-alkyl or cyclic N) is 1. The molecule has 3 aromatic rings. The highest BCUT2D eigenvalue weighted by Gasteiger charge is 2.22. The van der Waals surface area contributed by atoms with Crippen molar-refractivity contribution in [2.75, 3.05) is 20.2 Å². The molecule has 1 saturated heterocycles. The summed E-state index contributed by atoms with van der Waals surface area (Å²) in [6.07, 6.45) is 3.38. The quantitative estimate of drug-likeness (QED) is 0.684. The van der Waals surface area contributed by atoms with Crippen LogP contribution in [0.5, 0.6) is 5.75 Å². The molecule has 148 valence electrons. The molecular weight excluding hydrogens is 348 g/mol. The molecule has 28 heavy (non-hydrogen) atoms. The van der Waals surface area contributed by atoms with E-state index in [0.29, 0.717) is 12.6 Å². The van der Waals surface area contributed by atoms with Crippen LogP contribution in [-0.2, 0) is 6.54 Å². The fourth-order valence-corrected chi connectivity index (χ4v) is 4.38.